The van der Waals surface area contributed by atoms with E-state index >= 15 is 0 Å². The third-order valence-corrected chi connectivity index (χ3v) is 1.46. The van der Waals surface area contributed by atoms with E-state index in [4.69, 9.17) is 15.6 Å². The first kappa shape index (κ1) is 9.88. The number of nitrogens with two attached hydrogens (primary N) is 1. The molecule has 0 bridgehead atoms. The highest BCUT2D eigenvalue weighted by atomic mass is 16.6. The van der Waals surface area contributed by atoms with Crippen molar-refractivity contribution in [2.45, 2.75) is 39.0 Å². The SMILES string of the molecule is CC[C@@](C)(N)COC(C)O. The Hall–Kier alpha value is -0.120. The van der Waals surface area contributed by atoms with Crippen molar-refractivity contribution in [2.75, 3.05) is 6.61 Å². The average molecular weight is 147 g/mol. The highest BCUT2D eigenvalue weighted by Crippen LogP contribution is 2.05. The molecule has 0 fully saturated rings. The molecule has 0 aromatic heterocycles. The molecular weight excluding hydrogens is 130 g/mol. The van der Waals surface area contributed by atoms with Crippen LogP contribution in [0.3, 0.4) is 0 Å². The smallest absolute Gasteiger partial charge is 0.151 e. The molecule has 0 aliphatic rings. The quantitative estimate of drug-likeness (QED) is 0.568. The first-order valence-electron chi connectivity index (χ1n) is 3.56. The van der Waals surface area contributed by atoms with Gasteiger partial charge in [0.1, 0.15) is 0 Å². The van der Waals surface area contributed by atoms with Crippen LogP contribution in [0, 0.1) is 0 Å². The van der Waals surface area contributed by atoms with E-state index in [0.29, 0.717) is 6.61 Å². The molecule has 2 atom stereocenters. The van der Waals surface area contributed by atoms with Crippen molar-refractivity contribution in [1.82, 2.24) is 0 Å². The number of aliphatic hydroxyl groups is 1. The lowest BCUT2D eigenvalue weighted by atomic mass is 10.0. The van der Waals surface area contributed by atoms with Gasteiger partial charge in [0, 0.05) is 5.54 Å². The third kappa shape index (κ3) is 4.73. The number of aliphatic hydroxyl groups excluding tert-OH is 1. The van der Waals surface area contributed by atoms with Crippen molar-refractivity contribution >= 4 is 0 Å². The van der Waals surface area contributed by atoms with Crippen LogP contribution in [0.4, 0.5) is 0 Å². The zero-order chi connectivity index (χ0) is 8.20. The largest absolute Gasteiger partial charge is 0.368 e. The molecule has 0 rings (SSSR count). The standard InChI is InChI=1S/C7H17NO2/c1-4-7(3,8)5-10-6(2)9/h6,9H,4-5,8H2,1-3H3/t6?,7-/m1/s1. The van der Waals surface area contributed by atoms with Gasteiger partial charge in [0.15, 0.2) is 6.29 Å². The first-order valence-corrected chi connectivity index (χ1v) is 3.56. The Morgan fingerprint density at radius 3 is 2.50 bits per heavy atom. The maximum atomic E-state index is 8.73. The molecular formula is C7H17NO2. The van der Waals surface area contributed by atoms with Crippen molar-refractivity contribution in [3.05, 3.63) is 0 Å². The molecule has 0 heterocycles. The second kappa shape index (κ2) is 3.91. The molecule has 0 saturated carbocycles. The summed E-state index contributed by atoms with van der Waals surface area (Å²) in [5.74, 6) is 0. The molecule has 3 nitrogen and oxygen atoms in total. The zero-order valence-corrected chi connectivity index (χ0v) is 6.92. The Labute approximate surface area is 62.2 Å². The lowest BCUT2D eigenvalue weighted by molar-refractivity contribution is -0.0986. The van der Waals surface area contributed by atoms with Gasteiger partial charge in [-0.15, -0.1) is 0 Å². The fourth-order valence-electron chi connectivity index (χ4n) is 0.413. The minimum Gasteiger partial charge on any atom is -0.368 e. The Morgan fingerprint density at radius 1 is 1.70 bits per heavy atom. The average Bonchev–Trinajstić information content (AvgIpc) is 1.85. The summed E-state index contributed by atoms with van der Waals surface area (Å²) in [6.45, 7) is 5.87. The Kier molecular flexibility index (Phi) is 3.86. The van der Waals surface area contributed by atoms with Crippen LogP contribution in [0.5, 0.6) is 0 Å². The van der Waals surface area contributed by atoms with E-state index in [0.717, 1.165) is 6.42 Å². The maximum Gasteiger partial charge on any atom is 0.151 e. The second-order valence-corrected chi connectivity index (χ2v) is 2.92. The monoisotopic (exact) mass is 147 g/mol. The summed E-state index contributed by atoms with van der Waals surface area (Å²) in [4.78, 5) is 0. The first-order chi connectivity index (χ1) is 4.48. The van der Waals surface area contributed by atoms with Gasteiger partial charge < -0.3 is 15.6 Å². The number of hydrogen-bond donors (Lipinski definition) is 2. The van der Waals surface area contributed by atoms with Crippen LogP contribution >= 0.6 is 0 Å². The molecule has 10 heavy (non-hydrogen) atoms. The van der Waals surface area contributed by atoms with Gasteiger partial charge in [-0.3, -0.25) is 0 Å². The molecule has 62 valence electrons. The topological polar surface area (TPSA) is 55.5 Å². The van der Waals surface area contributed by atoms with Crippen molar-refractivity contribution < 1.29 is 9.84 Å². The van der Waals surface area contributed by atoms with E-state index in [-0.39, 0.29) is 5.54 Å². The van der Waals surface area contributed by atoms with Crippen LogP contribution in [-0.4, -0.2) is 23.5 Å². The Bertz CT molecular complexity index is 91.6. The molecule has 0 saturated heterocycles. The summed E-state index contributed by atoms with van der Waals surface area (Å²) in [6.07, 6.45) is 0.133. The predicted octanol–water partition coefficient (Wildman–Crippen LogP) is 0.469. The highest BCUT2D eigenvalue weighted by molar-refractivity contribution is 4.75. The summed E-state index contributed by atoms with van der Waals surface area (Å²) in [5, 5.41) is 8.73. The number of hydrogen-bond acceptors (Lipinski definition) is 3. The zero-order valence-electron chi connectivity index (χ0n) is 6.92. The van der Waals surface area contributed by atoms with E-state index in [1.54, 1.807) is 6.92 Å². The lowest BCUT2D eigenvalue weighted by Crippen LogP contribution is -2.41. The molecule has 0 aliphatic heterocycles. The predicted molar refractivity (Wildman–Crippen MR) is 40.5 cm³/mol. The fourth-order valence-corrected chi connectivity index (χ4v) is 0.413. The van der Waals surface area contributed by atoms with Gasteiger partial charge in [-0.1, -0.05) is 6.92 Å². The van der Waals surface area contributed by atoms with Crippen molar-refractivity contribution in [1.29, 1.82) is 0 Å². The number of rotatable bonds is 4. The van der Waals surface area contributed by atoms with Gasteiger partial charge >= 0.3 is 0 Å². The molecule has 0 aromatic rings. The van der Waals surface area contributed by atoms with Gasteiger partial charge in [0.25, 0.3) is 0 Å². The van der Waals surface area contributed by atoms with Gasteiger partial charge in [-0.25, -0.2) is 0 Å². The molecule has 3 N–H and O–H groups in total. The van der Waals surface area contributed by atoms with E-state index in [9.17, 15) is 0 Å². The van der Waals surface area contributed by atoms with Crippen LogP contribution in [0.15, 0.2) is 0 Å². The molecule has 1 unspecified atom stereocenters. The van der Waals surface area contributed by atoms with Crippen LogP contribution < -0.4 is 5.73 Å². The summed E-state index contributed by atoms with van der Waals surface area (Å²) in [7, 11) is 0. The molecule has 0 spiro atoms. The molecule has 0 aliphatic carbocycles. The van der Waals surface area contributed by atoms with Crippen LogP contribution in [0.25, 0.3) is 0 Å². The summed E-state index contributed by atoms with van der Waals surface area (Å²) < 4.78 is 4.93. The maximum absolute atomic E-state index is 8.73. The lowest BCUT2D eigenvalue weighted by Gasteiger charge is -2.23. The van der Waals surface area contributed by atoms with Crippen molar-refractivity contribution in [2.24, 2.45) is 5.73 Å². The Balaban J connectivity index is 3.46. The molecule has 0 radical (unpaired) electrons. The van der Waals surface area contributed by atoms with Crippen LogP contribution in [0.2, 0.25) is 0 Å². The van der Waals surface area contributed by atoms with Gasteiger partial charge in [0.05, 0.1) is 6.61 Å². The number of ether oxygens (including phenoxy) is 1. The van der Waals surface area contributed by atoms with Gasteiger partial charge in [-0.2, -0.15) is 0 Å². The third-order valence-electron chi connectivity index (χ3n) is 1.46. The summed E-state index contributed by atoms with van der Waals surface area (Å²) >= 11 is 0. The molecule has 0 aromatic carbocycles. The summed E-state index contributed by atoms with van der Waals surface area (Å²) in [6, 6.07) is 0. The highest BCUT2D eigenvalue weighted by Gasteiger charge is 2.16. The normalized spacial score (nSPS) is 20.1. The van der Waals surface area contributed by atoms with Crippen LogP contribution in [-0.2, 0) is 4.74 Å². The fraction of sp³-hybridized carbons (Fsp3) is 1.00. The van der Waals surface area contributed by atoms with E-state index < -0.39 is 6.29 Å². The molecule has 0 amide bonds. The minimum atomic E-state index is -0.713. The van der Waals surface area contributed by atoms with Crippen molar-refractivity contribution in [3.63, 3.8) is 0 Å². The van der Waals surface area contributed by atoms with Gasteiger partial charge in [0.2, 0.25) is 0 Å². The van der Waals surface area contributed by atoms with E-state index in [2.05, 4.69) is 0 Å². The van der Waals surface area contributed by atoms with Gasteiger partial charge in [-0.05, 0) is 20.3 Å². The minimum absolute atomic E-state index is 0.309. The second-order valence-electron chi connectivity index (χ2n) is 2.92. The van der Waals surface area contributed by atoms with E-state index in [1.165, 1.54) is 0 Å². The van der Waals surface area contributed by atoms with Crippen molar-refractivity contribution in [3.8, 4) is 0 Å². The Morgan fingerprint density at radius 2 is 2.20 bits per heavy atom. The summed E-state index contributed by atoms with van der Waals surface area (Å²) in [5.41, 5.74) is 5.42. The molecule has 3 heteroatoms. The van der Waals surface area contributed by atoms with E-state index in [1.807, 2.05) is 13.8 Å². The van der Waals surface area contributed by atoms with Crippen LogP contribution in [0.1, 0.15) is 27.2 Å².